The lowest BCUT2D eigenvalue weighted by molar-refractivity contribution is -0.385. The largest absolute Gasteiger partial charge is 0.487 e. The number of nitro benzene ring substituents is 1. The van der Waals surface area contributed by atoms with Crippen LogP contribution >= 0.6 is 0 Å². The van der Waals surface area contributed by atoms with E-state index in [1.165, 1.54) is 17.2 Å². The molecular formula is C28H32N2O4. The highest BCUT2D eigenvalue weighted by Gasteiger charge is 2.27. The van der Waals surface area contributed by atoms with Gasteiger partial charge in [0.05, 0.1) is 17.6 Å². The lowest BCUT2D eigenvalue weighted by Gasteiger charge is -2.37. The molecule has 178 valence electrons. The number of hydrogen-bond acceptors (Lipinski definition) is 5. The second-order valence-electron chi connectivity index (χ2n) is 8.78. The Morgan fingerprint density at radius 2 is 1.47 bits per heavy atom. The number of ether oxygens (including phenoxy) is 2. The number of para-hydroxylation sites is 2. The predicted molar refractivity (Wildman–Crippen MR) is 133 cm³/mol. The Labute approximate surface area is 201 Å². The van der Waals surface area contributed by atoms with Crippen LogP contribution in [0.5, 0.6) is 5.75 Å². The molecule has 1 heterocycles. The van der Waals surface area contributed by atoms with Crippen molar-refractivity contribution >= 4 is 5.69 Å². The van der Waals surface area contributed by atoms with E-state index in [2.05, 4.69) is 60.4 Å². The third-order valence-electron chi connectivity index (χ3n) is 6.49. The first kappa shape index (κ1) is 23.9. The molecule has 4 rings (SSSR count). The maximum Gasteiger partial charge on any atom is 0.310 e. The highest BCUT2D eigenvalue weighted by molar-refractivity contribution is 5.45. The molecule has 1 fully saturated rings. The Hall–Kier alpha value is -3.22. The van der Waals surface area contributed by atoms with Crippen molar-refractivity contribution in [3.8, 4) is 5.75 Å². The average Bonchev–Trinajstić information content (AvgIpc) is 2.89. The Balaban J connectivity index is 1.28. The number of hydrogen-bond donors (Lipinski definition) is 0. The molecule has 1 saturated heterocycles. The van der Waals surface area contributed by atoms with E-state index in [0.29, 0.717) is 18.4 Å². The van der Waals surface area contributed by atoms with Gasteiger partial charge in [-0.1, -0.05) is 72.8 Å². The lowest BCUT2D eigenvalue weighted by Crippen LogP contribution is -2.43. The monoisotopic (exact) mass is 460 g/mol. The molecule has 0 amide bonds. The van der Waals surface area contributed by atoms with E-state index in [1.807, 2.05) is 12.1 Å². The van der Waals surface area contributed by atoms with Crippen LogP contribution in [0.4, 0.5) is 5.69 Å². The van der Waals surface area contributed by atoms with E-state index < -0.39 is 4.92 Å². The number of nitrogens with zero attached hydrogens (tertiary/aromatic N) is 2. The standard InChI is InChI=1S/C28H32N2O4/c1-22(18-21-33-27-15-9-8-14-26(27)30(31)32)29-19-16-25(17-20-29)34-28(23-10-4-2-5-11-23)24-12-6-3-7-13-24/h2-15,22,25,28H,16-21H2,1H3. The number of rotatable bonds is 10. The van der Waals surface area contributed by atoms with Crippen molar-refractivity contribution in [3.63, 3.8) is 0 Å². The topological polar surface area (TPSA) is 64.8 Å². The zero-order valence-corrected chi connectivity index (χ0v) is 19.6. The molecule has 3 aromatic carbocycles. The summed E-state index contributed by atoms with van der Waals surface area (Å²) < 4.78 is 12.4. The van der Waals surface area contributed by atoms with Gasteiger partial charge in [-0.25, -0.2) is 0 Å². The molecule has 3 aromatic rings. The van der Waals surface area contributed by atoms with E-state index in [-0.39, 0.29) is 17.9 Å². The van der Waals surface area contributed by atoms with E-state index >= 15 is 0 Å². The van der Waals surface area contributed by atoms with Crippen LogP contribution in [0.2, 0.25) is 0 Å². The summed E-state index contributed by atoms with van der Waals surface area (Å²) in [5.41, 5.74) is 2.37. The summed E-state index contributed by atoms with van der Waals surface area (Å²) in [6.07, 6.45) is 2.91. The molecule has 0 aliphatic carbocycles. The Morgan fingerprint density at radius 3 is 2.06 bits per heavy atom. The molecule has 0 aromatic heterocycles. The van der Waals surface area contributed by atoms with Crippen LogP contribution in [0, 0.1) is 10.1 Å². The Morgan fingerprint density at radius 1 is 0.912 bits per heavy atom. The molecule has 34 heavy (non-hydrogen) atoms. The van der Waals surface area contributed by atoms with Crippen molar-refractivity contribution in [1.82, 2.24) is 4.90 Å². The van der Waals surface area contributed by atoms with Gasteiger partial charge in [0, 0.05) is 25.2 Å². The van der Waals surface area contributed by atoms with Crippen LogP contribution < -0.4 is 4.74 Å². The molecule has 0 radical (unpaired) electrons. The van der Waals surface area contributed by atoms with Crippen molar-refractivity contribution in [2.45, 2.75) is 44.4 Å². The Bertz CT molecular complexity index is 997. The number of likely N-dealkylation sites (tertiary alicyclic amines) is 1. The quantitative estimate of drug-likeness (QED) is 0.273. The van der Waals surface area contributed by atoms with Crippen molar-refractivity contribution in [3.05, 3.63) is 106 Å². The van der Waals surface area contributed by atoms with Gasteiger partial charge in [-0.2, -0.15) is 0 Å². The predicted octanol–water partition coefficient (Wildman–Crippen LogP) is 6.02. The van der Waals surface area contributed by atoms with Gasteiger partial charge >= 0.3 is 5.69 Å². The maximum absolute atomic E-state index is 11.2. The highest BCUT2D eigenvalue weighted by Crippen LogP contribution is 2.31. The van der Waals surface area contributed by atoms with Gasteiger partial charge in [0.15, 0.2) is 5.75 Å². The highest BCUT2D eigenvalue weighted by atomic mass is 16.6. The second kappa shape index (κ2) is 11.8. The van der Waals surface area contributed by atoms with Crippen LogP contribution in [-0.2, 0) is 4.74 Å². The third kappa shape index (κ3) is 6.22. The van der Waals surface area contributed by atoms with Crippen LogP contribution in [-0.4, -0.2) is 41.7 Å². The minimum absolute atomic E-state index is 0.0134. The van der Waals surface area contributed by atoms with Gasteiger partial charge in [0.1, 0.15) is 6.10 Å². The van der Waals surface area contributed by atoms with Crippen molar-refractivity contribution < 1.29 is 14.4 Å². The summed E-state index contributed by atoms with van der Waals surface area (Å²) >= 11 is 0. The molecule has 6 heteroatoms. The van der Waals surface area contributed by atoms with Crippen LogP contribution in [0.25, 0.3) is 0 Å². The van der Waals surface area contributed by atoms with Crippen molar-refractivity contribution in [1.29, 1.82) is 0 Å². The summed E-state index contributed by atoms with van der Waals surface area (Å²) in [5, 5.41) is 11.2. The minimum atomic E-state index is -0.401. The first-order valence-electron chi connectivity index (χ1n) is 12.0. The van der Waals surface area contributed by atoms with Crippen molar-refractivity contribution in [2.24, 2.45) is 0 Å². The fourth-order valence-electron chi connectivity index (χ4n) is 4.50. The van der Waals surface area contributed by atoms with Gasteiger partial charge in [0.2, 0.25) is 0 Å². The summed E-state index contributed by atoms with van der Waals surface area (Å²) in [4.78, 5) is 13.2. The molecule has 0 spiro atoms. The second-order valence-corrected chi connectivity index (χ2v) is 8.78. The number of benzene rings is 3. The molecular weight excluding hydrogens is 428 g/mol. The maximum atomic E-state index is 11.2. The van der Waals surface area contributed by atoms with Crippen LogP contribution in [0.1, 0.15) is 43.4 Å². The smallest absolute Gasteiger partial charge is 0.310 e. The first-order chi connectivity index (χ1) is 16.6. The SMILES string of the molecule is CC(CCOc1ccccc1[N+](=O)[O-])N1CCC(OC(c2ccccc2)c2ccccc2)CC1. The molecule has 1 atom stereocenters. The third-order valence-corrected chi connectivity index (χ3v) is 6.49. The number of piperidine rings is 1. The zero-order valence-electron chi connectivity index (χ0n) is 19.6. The minimum Gasteiger partial charge on any atom is -0.487 e. The fourth-order valence-corrected chi connectivity index (χ4v) is 4.50. The summed E-state index contributed by atoms with van der Waals surface area (Å²) in [6.45, 7) is 4.58. The molecule has 1 aliphatic rings. The van der Waals surface area contributed by atoms with Gasteiger partial charge in [-0.05, 0) is 43.4 Å². The van der Waals surface area contributed by atoms with Crippen LogP contribution in [0.15, 0.2) is 84.9 Å². The van der Waals surface area contributed by atoms with Crippen LogP contribution in [0.3, 0.4) is 0 Å². The molecule has 0 N–H and O–H groups in total. The van der Waals surface area contributed by atoms with E-state index in [1.54, 1.807) is 18.2 Å². The summed E-state index contributed by atoms with van der Waals surface area (Å²) in [5.74, 6) is 0.333. The molecule has 0 bridgehead atoms. The van der Waals surface area contributed by atoms with E-state index in [9.17, 15) is 10.1 Å². The Kier molecular flexibility index (Phi) is 8.28. The van der Waals surface area contributed by atoms with E-state index in [4.69, 9.17) is 9.47 Å². The fraction of sp³-hybridized carbons (Fsp3) is 0.357. The molecule has 1 aliphatic heterocycles. The molecule has 0 saturated carbocycles. The van der Waals surface area contributed by atoms with Gasteiger partial charge in [-0.3, -0.25) is 10.1 Å². The van der Waals surface area contributed by atoms with Gasteiger partial charge in [-0.15, -0.1) is 0 Å². The summed E-state index contributed by atoms with van der Waals surface area (Å²) in [6, 6.07) is 27.7. The van der Waals surface area contributed by atoms with Gasteiger partial charge < -0.3 is 14.4 Å². The molecule has 1 unspecified atom stereocenters. The lowest BCUT2D eigenvalue weighted by atomic mass is 9.99. The number of nitro groups is 1. The normalized spacial score (nSPS) is 15.8. The average molecular weight is 461 g/mol. The molecule has 6 nitrogen and oxygen atoms in total. The zero-order chi connectivity index (χ0) is 23.8. The van der Waals surface area contributed by atoms with E-state index in [0.717, 1.165) is 32.4 Å². The summed E-state index contributed by atoms with van der Waals surface area (Å²) in [7, 11) is 0. The first-order valence-corrected chi connectivity index (χ1v) is 12.0. The van der Waals surface area contributed by atoms with Gasteiger partial charge in [0.25, 0.3) is 0 Å². The van der Waals surface area contributed by atoms with Crippen molar-refractivity contribution in [2.75, 3.05) is 19.7 Å².